The van der Waals surface area contributed by atoms with Crippen molar-refractivity contribution in [2.24, 2.45) is 0 Å². The third-order valence-electron chi connectivity index (χ3n) is 4.54. The molecule has 5 nitrogen and oxygen atoms in total. The quantitative estimate of drug-likeness (QED) is 0.836. The molecule has 6 heteroatoms. The Labute approximate surface area is 147 Å². The molecule has 0 unspecified atom stereocenters. The van der Waals surface area contributed by atoms with Crippen molar-refractivity contribution in [2.45, 2.75) is 13.0 Å². The second kappa shape index (κ2) is 6.63. The predicted octanol–water partition coefficient (Wildman–Crippen LogP) is 3.05. The van der Waals surface area contributed by atoms with Gasteiger partial charge in [0, 0.05) is 55.0 Å². The van der Waals surface area contributed by atoms with Gasteiger partial charge in [0.15, 0.2) is 0 Å². The number of allylic oxidation sites excluding steroid dienone is 1. The van der Waals surface area contributed by atoms with Gasteiger partial charge in [0.05, 0.1) is 23.7 Å². The zero-order valence-corrected chi connectivity index (χ0v) is 14.8. The number of methoxy groups -OCH3 is 1. The van der Waals surface area contributed by atoms with E-state index in [1.807, 2.05) is 12.3 Å². The molecule has 0 radical (unpaired) electrons. The highest BCUT2D eigenvalue weighted by molar-refractivity contribution is 8.04. The Hall–Kier alpha value is -1.76. The fourth-order valence-corrected chi connectivity index (χ4v) is 4.18. The van der Waals surface area contributed by atoms with E-state index in [4.69, 9.17) is 9.72 Å². The standard InChI is InChI=1S/C18H22N4OS/c1-12-9-15-16(21-24-12)14-5-3-4-6-20-17(14)18(15)22-8-7-19-13(10-22)11-23-2/h3-6,9,13,19,21H,7-8,10-11H2,1-2H3/t13-/m1/s1. The summed E-state index contributed by atoms with van der Waals surface area (Å²) in [7, 11) is 1.76. The Morgan fingerprint density at radius 2 is 2.33 bits per heavy atom. The van der Waals surface area contributed by atoms with Crippen molar-refractivity contribution >= 4 is 29.4 Å². The molecule has 4 rings (SSSR count). The van der Waals surface area contributed by atoms with Crippen LogP contribution in [0.1, 0.15) is 12.5 Å². The highest BCUT2D eigenvalue weighted by Gasteiger charge is 2.31. The lowest BCUT2D eigenvalue weighted by Crippen LogP contribution is -2.52. The van der Waals surface area contributed by atoms with Gasteiger partial charge < -0.3 is 19.7 Å². The summed E-state index contributed by atoms with van der Waals surface area (Å²) in [6.45, 7) is 5.73. The summed E-state index contributed by atoms with van der Waals surface area (Å²) in [5.74, 6) is 0. The number of nitrogens with one attached hydrogen (secondary N) is 2. The van der Waals surface area contributed by atoms with E-state index in [0.29, 0.717) is 6.04 Å². The highest BCUT2D eigenvalue weighted by atomic mass is 32.2. The SMILES string of the molecule is COC[C@H]1CN(c2c3nccccc-3c3c2C=C(C)SN3)CCN1. The van der Waals surface area contributed by atoms with Gasteiger partial charge in [-0.25, -0.2) is 0 Å². The molecule has 1 fully saturated rings. The second-order valence-corrected chi connectivity index (χ2v) is 7.29. The number of fused-ring (bicyclic) bond motifs is 3. The smallest absolute Gasteiger partial charge is 0.0963 e. The van der Waals surface area contributed by atoms with Crippen molar-refractivity contribution in [2.75, 3.05) is 43.0 Å². The molecule has 0 bridgehead atoms. The summed E-state index contributed by atoms with van der Waals surface area (Å²) >= 11 is 1.67. The molecule has 1 aliphatic carbocycles. The monoisotopic (exact) mass is 342 g/mol. The molecule has 126 valence electrons. The summed E-state index contributed by atoms with van der Waals surface area (Å²) < 4.78 is 8.85. The van der Waals surface area contributed by atoms with Crippen LogP contribution in [0.3, 0.4) is 0 Å². The molecule has 0 amide bonds. The lowest BCUT2D eigenvalue weighted by atomic mass is 10.1. The predicted molar refractivity (Wildman–Crippen MR) is 102 cm³/mol. The number of aromatic nitrogens is 1. The Morgan fingerprint density at radius 3 is 3.21 bits per heavy atom. The van der Waals surface area contributed by atoms with Gasteiger partial charge in [0.25, 0.3) is 0 Å². The molecule has 0 saturated carbocycles. The Morgan fingerprint density at radius 1 is 1.42 bits per heavy atom. The number of anilines is 2. The van der Waals surface area contributed by atoms with Crippen molar-refractivity contribution in [3.05, 3.63) is 34.9 Å². The van der Waals surface area contributed by atoms with Gasteiger partial charge in [-0.2, -0.15) is 0 Å². The first-order valence-electron chi connectivity index (χ1n) is 8.27. The maximum atomic E-state index is 5.35. The van der Waals surface area contributed by atoms with Crippen LogP contribution in [-0.2, 0) is 4.74 Å². The Bertz CT molecular complexity index is 746. The van der Waals surface area contributed by atoms with Gasteiger partial charge in [0.1, 0.15) is 0 Å². The van der Waals surface area contributed by atoms with Gasteiger partial charge >= 0.3 is 0 Å². The fourth-order valence-electron chi connectivity index (χ4n) is 3.53. The Kier molecular flexibility index (Phi) is 4.35. The van der Waals surface area contributed by atoms with Gasteiger partial charge in [-0.1, -0.05) is 12.1 Å². The molecular formula is C18H22N4OS. The molecule has 3 aliphatic heterocycles. The van der Waals surface area contributed by atoms with Crippen LogP contribution in [0.4, 0.5) is 11.4 Å². The maximum Gasteiger partial charge on any atom is 0.0963 e. The van der Waals surface area contributed by atoms with E-state index in [0.717, 1.165) is 31.9 Å². The van der Waals surface area contributed by atoms with Crippen LogP contribution in [0.25, 0.3) is 17.3 Å². The molecule has 0 spiro atoms. The van der Waals surface area contributed by atoms with Crippen molar-refractivity contribution in [1.29, 1.82) is 0 Å². The Balaban J connectivity index is 1.82. The van der Waals surface area contributed by atoms with E-state index in [9.17, 15) is 0 Å². The molecule has 0 aromatic carbocycles. The topological polar surface area (TPSA) is 49.4 Å². The van der Waals surface area contributed by atoms with E-state index in [-0.39, 0.29) is 0 Å². The van der Waals surface area contributed by atoms with Crippen LogP contribution < -0.4 is 14.9 Å². The normalized spacial score (nSPS) is 20.5. The summed E-state index contributed by atoms with van der Waals surface area (Å²) in [6.07, 6.45) is 4.16. The van der Waals surface area contributed by atoms with E-state index in [2.05, 4.69) is 40.1 Å². The van der Waals surface area contributed by atoms with Gasteiger partial charge in [0.2, 0.25) is 0 Å². The molecule has 0 aromatic heterocycles. The molecule has 24 heavy (non-hydrogen) atoms. The highest BCUT2D eigenvalue weighted by Crippen LogP contribution is 2.50. The minimum atomic E-state index is 0.345. The van der Waals surface area contributed by atoms with Crippen molar-refractivity contribution in [3.8, 4) is 11.3 Å². The zero-order chi connectivity index (χ0) is 16.5. The van der Waals surface area contributed by atoms with E-state index in [1.165, 1.54) is 27.4 Å². The minimum Gasteiger partial charge on any atom is -0.383 e. The maximum absolute atomic E-state index is 5.35. The largest absolute Gasteiger partial charge is 0.383 e. The molecule has 1 atom stereocenters. The van der Waals surface area contributed by atoms with Crippen molar-refractivity contribution in [1.82, 2.24) is 10.3 Å². The van der Waals surface area contributed by atoms with E-state index >= 15 is 0 Å². The molecular weight excluding hydrogens is 320 g/mol. The molecule has 4 aliphatic rings. The summed E-state index contributed by atoms with van der Waals surface area (Å²) in [5.41, 5.74) is 5.94. The van der Waals surface area contributed by atoms with Crippen LogP contribution in [0.15, 0.2) is 29.3 Å². The third-order valence-corrected chi connectivity index (χ3v) is 5.28. The number of ether oxygens (including phenoxy) is 1. The first kappa shape index (κ1) is 15.7. The number of hydrogen-bond acceptors (Lipinski definition) is 6. The zero-order valence-electron chi connectivity index (χ0n) is 14.0. The lowest BCUT2D eigenvalue weighted by molar-refractivity contribution is 0.163. The molecule has 2 N–H and O–H groups in total. The molecule has 1 saturated heterocycles. The van der Waals surface area contributed by atoms with Crippen LogP contribution >= 0.6 is 11.9 Å². The van der Waals surface area contributed by atoms with E-state index < -0.39 is 0 Å². The summed E-state index contributed by atoms with van der Waals surface area (Å²) in [4.78, 5) is 8.47. The molecule has 0 aromatic rings. The van der Waals surface area contributed by atoms with Crippen molar-refractivity contribution < 1.29 is 4.74 Å². The number of nitrogens with zero attached hydrogens (tertiary/aromatic N) is 2. The van der Waals surface area contributed by atoms with Gasteiger partial charge in [-0.3, -0.25) is 4.98 Å². The first-order chi connectivity index (χ1) is 11.8. The average molecular weight is 342 g/mol. The summed E-state index contributed by atoms with van der Waals surface area (Å²) in [6, 6.07) is 6.54. The van der Waals surface area contributed by atoms with Crippen molar-refractivity contribution in [3.63, 3.8) is 0 Å². The first-order valence-corrected chi connectivity index (χ1v) is 9.08. The van der Waals surface area contributed by atoms with Crippen LogP contribution in [0.2, 0.25) is 0 Å². The third kappa shape index (κ3) is 2.75. The number of rotatable bonds is 3. The lowest BCUT2D eigenvalue weighted by Gasteiger charge is -2.35. The van der Waals surface area contributed by atoms with Gasteiger partial charge in [-0.15, -0.1) is 0 Å². The number of hydrogen-bond donors (Lipinski definition) is 2. The van der Waals surface area contributed by atoms with Crippen LogP contribution in [0, 0.1) is 0 Å². The average Bonchev–Trinajstić information content (AvgIpc) is 2.72. The fraction of sp³-hybridized carbons (Fsp3) is 0.389. The van der Waals surface area contributed by atoms with Crippen LogP contribution in [-0.4, -0.2) is 44.4 Å². The second-order valence-electron chi connectivity index (χ2n) is 6.24. The van der Waals surface area contributed by atoms with E-state index in [1.54, 1.807) is 19.1 Å². The summed E-state index contributed by atoms with van der Waals surface area (Å²) in [5, 5.41) is 3.53. The molecule has 3 heterocycles. The number of piperazine rings is 1. The van der Waals surface area contributed by atoms with Gasteiger partial charge in [-0.05, 0) is 31.0 Å². The van der Waals surface area contributed by atoms with Crippen LogP contribution in [0.5, 0.6) is 0 Å². The minimum absolute atomic E-state index is 0.345.